The largest absolute Gasteiger partial charge is 0.490 e. The fourth-order valence-electron chi connectivity index (χ4n) is 3.88. The van der Waals surface area contributed by atoms with E-state index in [4.69, 9.17) is 13.9 Å². The molecule has 0 radical (unpaired) electrons. The quantitative estimate of drug-likeness (QED) is 0.270. The highest BCUT2D eigenvalue weighted by molar-refractivity contribution is 8.17. The summed E-state index contributed by atoms with van der Waals surface area (Å²) in [6, 6.07) is 16.0. The lowest BCUT2D eigenvalue weighted by molar-refractivity contribution is -0.374. The van der Waals surface area contributed by atoms with Crippen LogP contribution in [0.1, 0.15) is 12.5 Å². The van der Waals surface area contributed by atoms with E-state index in [1.54, 1.807) is 31.2 Å². The van der Waals surface area contributed by atoms with Crippen molar-refractivity contribution < 1.29 is 37.6 Å². The lowest BCUT2D eigenvalue weighted by Crippen LogP contribution is -2.73. The third-order valence-corrected chi connectivity index (χ3v) is 6.76. The molecule has 1 amide bonds. The number of carbonyl (C=O) groups is 1. The molecule has 192 valence electrons. The van der Waals surface area contributed by atoms with Crippen LogP contribution in [0.5, 0.6) is 11.5 Å². The van der Waals surface area contributed by atoms with Crippen LogP contribution in [0.15, 0.2) is 80.8 Å². The smallest absolute Gasteiger partial charge is 0.428 e. The average molecular weight is 537 g/mol. The number of aliphatic hydroxyl groups excluding tert-OH is 1. The van der Waals surface area contributed by atoms with Crippen molar-refractivity contribution in [3.05, 3.63) is 99.1 Å². The van der Waals surface area contributed by atoms with Gasteiger partial charge in [0.1, 0.15) is 41.1 Å². The summed E-state index contributed by atoms with van der Waals surface area (Å²) in [5, 5.41) is 9.38. The fourth-order valence-corrected chi connectivity index (χ4v) is 4.63. The zero-order valence-corrected chi connectivity index (χ0v) is 20.7. The van der Waals surface area contributed by atoms with Crippen molar-refractivity contribution in [2.24, 2.45) is 0 Å². The number of nitrogens with one attached hydrogen (secondary N) is 1. The van der Waals surface area contributed by atoms with Crippen molar-refractivity contribution in [3.8, 4) is 22.8 Å². The van der Waals surface area contributed by atoms with Crippen LogP contribution < -0.4 is 19.9 Å². The van der Waals surface area contributed by atoms with Gasteiger partial charge in [-0.05, 0) is 72.7 Å². The maximum absolute atomic E-state index is 13.8. The molecule has 3 aromatic carbocycles. The Labute approximate surface area is 219 Å². The number of fused-ring (bicyclic) bond motifs is 1. The highest BCUT2D eigenvalue weighted by atomic mass is 32.2. The van der Waals surface area contributed by atoms with E-state index >= 15 is 0 Å². The van der Waals surface area contributed by atoms with Crippen LogP contribution in [0, 0.1) is 11.6 Å². The minimum atomic E-state index is -0.593. The molecule has 5 rings (SSSR count). The summed E-state index contributed by atoms with van der Waals surface area (Å²) in [6.45, 7) is 1.82. The second-order valence-corrected chi connectivity index (χ2v) is 9.27. The van der Waals surface area contributed by atoms with Crippen molar-refractivity contribution in [1.82, 2.24) is 0 Å². The molecule has 4 aromatic rings. The van der Waals surface area contributed by atoms with E-state index in [0.29, 0.717) is 21.8 Å². The molecule has 1 aromatic heterocycles. The zero-order valence-electron chi connectivity index (χ0n) is 19.9. The van der Waals surface area contributed by atoms with Gasteiger partial charge in [-0.25, -0.2) is 13.6 Å². The van der Waals surface area contributed by atoms with Crippen LogP contribution in [0.25, 0.3) is 27.9 Å². The maximum Gasteiger partial charge on any atom is 0.428 e. The zero-order chi connectivity index (χ0) is 26.8. The van der Waals surface area contributed by atoms with Crippen molar-refractivity contribution >= 4 is 39.4 Å². The van der Waals surface area contributed by atoms with E-state index in [9.17, 15) is 23.5 Å². The molecule has 1 aliphatic heterocycles. The second kappa shape index (κ2) is 10.5. The minimum Gasteiger partial charge on any atom is -0.490 e. The summed E-state index contributed by atoms with van der Waals surface area (Å²) in [5.41, 5.74) is 1.53. The third kappa shape index (κ3) is 5.16. The van der Waals surface area contributed by atoms with E-state index in [-0.39, 0.29) is 46.8 Å². The van der Waals surface area contributed by atoms with E-state index in [1.165, 1.54) is 36.4 Å². The molecule has 7 nitrogen and oxygen atoms in total. The molecule has 0 saturated heterocycles. The highest BCUT2D eigenvalue weighted by Gasteiger charge is 2.31. The number of halogens is 2. The summed E-state index contributed by atoms with van der Waals surface area (Å²) in [4.78, 5) is 27.8. The molecule has 0 aliphatic carbocycles. The molecule has 0 bridgehead atoms. The van der Waals surface area contributed by atoms with E-state index in [1.807, 2.05) is 0 Å². The van der Waals surface area contributed by atoms with Crippen LogP contribution in [0.3, 0.4) is 0 Å². The highest BCUT2D eigenvalue weighted by Crippen LogP contribution is 2.32. The summed E-state index contributed by atoms with van der Waals surface area (Å²) in [5.74, 6) is -0.913. The summed E-state index contributed by atoms with van der Waals surface area (Å²) in [6.07, 6.45) is 0. The minimum absolute atomic E-state index is 0.0203. The average Bonchev–Trinajstić information content (AvgIpc) is 3.26. The van der Waals surface area contributed by atoms with Crippen molar-refractivity contribution in [1.29, 1.82) is 0 Å². The molecule has 1 aliphatic rings. The first-order chi connectivity index (χ1) is 18.3. The normalized spacial score (nSPS) is 14.5. The number of aliphatic hydroxyl groups is 1. The van der Waals surface area contributed by atoms with Gasteiger partial charge in [0, 0.05) is 17.3 Å². The Morgan fingerprint density at radius 3 is 2.32 bits per heavy atom. The standard InChI is InChI=1S/C28H19F2NO6S/c1-15(26-27(33)31-28(34)38-26)16-4-9-20(10-5-16)35-12-13-36-25-23(32)21-14-19(30)8-11-22(21)37-24(25)17-2-6-18(29)7-3-17/h2-11,14H,12-13H2,1H3,(H,31,33,34)/p+1/b26-15-. The predicted octanol–water partition coefficient (Wildman–Crippen LogP) is 4.20. The number of ether oxygens (including phenoxy) is 2. The maximum atomic E-state index is 13.8. The summed E-state index contributed by atoms with van der Waals surface area (Å²) >= 11 is 0.969. The van der Waals surface area contributed by atoms with Crippen molar-refractivity contribution in [3.63, 3.8) is 0 Å². The van der Waals surface area contributed by atoms with Crippen LogP contribution in [0.2, 0.25) is 0 Å². The Balaban J connectivity index is 1.31. The monoisotopic (exact) mass is 536 g/mol. The number of hydrogen-bond acceptors (Lipinski definition) is 6. The van der Waals surface area contributed by atoms with Gasteiger partial charge in [-0.2, -0.15) is 0 Å². The topological polar surface area (TPSA) is 99.9 Å². The Morgan fingerprint density at radius 1 is 0.947 bits per heavy atom. The molecule has 38 heavy (non-hydrogen) atoms. The molecule has 0 spiro atoms. The number of thioether (sulfide) groups is 1. The van der Waals surface area contributed by atoms with E-state index in [0.717, 1.165) is 23.4 Å². The van der Waals surface area contributed by atoms with Gasteiger partial charge in [0.25, 0.3) is 0 Å². The van der Waals surface area contributed by atoms with Gasteiger partial charge in [-0.15, -0.1) is 4.99 Å². The number of allylic oxidation sites excluding steroid dienone is 1. The SMILES string of the molecule is C/C(=C1/SC(O)=[NH+]C1=O)c1ccc(OCCOc2c(-c3ccc(F)cc3)oc3ccc(F)cc3c2=O)cc1. The Morgan fingerprint density at radius 2 is 1.63 bits per heavy atom. The Kier molecular flexibility index (Phi) is 6.97. The Hall–Kier alpha value is -4.44. The van der Waals surface area contributed by atoms with Crippen molar-refractivity contribution in [2.75, 3.05) is 13.2 Å². The van der Waals surface area contributed by atoms with E-state index < -0.39 is 17.1 Å². The van der Waals surface area contributed by atoms with Gasteiger partial charge in [0.2, 0.25) is 11.2 Å². The Bertz CT molecular complexity index is 1660. The summed E-state index contributed by atoms with van der Waals surface area (Å²) in [7, 11) is 0. The van der Waals surface area contributed by atoms with Crippen LogP contribution >= 0.6 is 11.8 Å². The third-order valence-electron chi connectivity index (χ3n) is 5.77. The van der Waals surface area contributed by atoms with Gasteiger partial charge in [0.15, 0.2) is 5.76 Å². The lowest BCUT2D eigenvalue weighted by Gasteiger charge is -2.13. The van der Waals surface area contributed by atoms with Gasteiger partial charge in [0.05, 0.1) is 5.39 Å². The first-order valence-corrected chi connectivity index (χ1v) is 12.3. The van der Waals surface area contributed by atoms with Gasteiger partial charge < -0.3 is 19.0 Å². The first kappa shape index (κ1) is 25.2. The number of carbonyl (C=O) groups excluding carboxylic acids is 1. The van der Waals surface area contributed by atoms with Crippen LogP contribution in [-0.4, -0.2) is 29.5 Å². The molecular formula is C28H20F2NO6S+. The van der Waals surface area contributed by atoms with Gasteiger partial charge in [-0.3, -0.25) is 4.79 Å². The first-order valence-electron chi connectivity index (χ1n) is 11.4. The molecule has 10 heteroatoms. The molecule has 2 heterocycles. The van der Waals surface area contributed by atoms with Crippen LogP contribution in [0.4, 0.5) is 8.78 Å². The molecule has 0 atom stereocenters. The van der Waals surface area contributed by atoms with Crippen molar-refractivity contribution in [2.45, 2.75) is 6.92 Å². The van der Waals surface area contributed by atoms with E-state index in [2.05, 4.69) is 4.99 Å². The lowest BCUT2D eigenvalue weighted by atomic mass is 10.1. The number of hydrogen-bond donors (Lipinski definition) is 2. The molecule has 0 unspecified atom stereocenters. The molecule has 2 N–H and O–H groups in total. The number of amides is 1. The molecular weight excluding hydrogens is 516 g/mol. The number of rotatable bonds is 7. The molecule has 0 saturated carbocycles. The summed E-state index contributed by atoms with van der Waals surface area (Å²) < 4.78 is 44.6. The number of benzene rings is 3. The van der Waals surface area contributed by atoms with Gasteiger partial charge >= 0.3 is 11.1 Å². The van der Waals surface area contributed by atoms with Crippen LogP contribution in [-0.2, 0) is 4.79 Å². The predicted molar refractivity (Wildman–Crippen MR) is 139 cm³/mol. The molecule has 0 fully saturated rings. The second-order valence-electron chi connectivity index (χ2n) is 8.27. The fraction of sp³-hybridized carbons (Fsp3) is 0.107. The van der Waals surface area contributed by atoms with Gasteiger partial charge in [-0.1, -0.05) is 12.1 Å².